The van der Waals surface area contributed by atoms with Gasteiger partial charge in [0.25, 0.3) is 5.91 Å². The maximum Gasteiger partial charge on any atom is 0.344 e. The zero-order valence-electron chi connectivity index (χ0n) is 13.6. The lowest BCUT2D eigenvalue weighted by Gasteiger charge is -2.10. The summed E-state index contributed by atoms with van der Waals surface area (Å²) in [5.74, 6) is -1.75. The fourth-order valence-corrected chi connectivity index (χ4v) is 2.55. The zero-order chi connectivity index (χ0) is 18.8. The quantitative estimate of drug-likeness (QED) is 0.564. The molecule has 0 aliphatic carbocycles. The van der Waals surface area contributed by atoms with Gasteiger partial charge in [0.2, 0.25) is 0 Å². The van der Waals surface area contributed by atoms with Crippen molar-refractivity contribution < 1.29 is 23.5 Å². The molecule has 2 rings (SSSR count). The number of esters is 1. The first-order valence-electron chi connectivity index (χ1n) is 7.51. The number of para-hydroxylation sites is 2. The first kappa shape index (κ1) is 19.3. The Kier molecular flexibility index (Phi) is 7.46. The van der Waals surface area contributed by atoms with E-state index >= 15 is 0 Å². The highest BCUT2D eigenvalue weighted by Gasteiger charge is 2.12. The van der Waals surface area contributed by atoms with E-state index in [1.54, 1.807) is 30.3 Å². The van der Waals surface area contributed by atoms with Crippen LogP contribution < -0.4 is 10.1 Å². The van der Waals surface area contributed by atoms with E-state index in [0.717, 1.165) is 4.90 Å². The first-order chi connectivity index (χ1) is 12.6. The second-order valence-corrected chi connectivity index (χ2v) is 5.89. The summed E-state index contributed by atoms with van der Waals surface area (Å²) in [6.07, 6.45) is 0. The minimum Gasteiger partial charge on any atom is -0.479 e. The lowest BCUT2D eigenvalue weighted by Crippen LogP contribution is -2.24. The van der Waals surface area contributed by atoms with Crippen molar-refractivity contribution in [2.24, 2.45) is 0 Å². The summed E-state index contributed by atoms with van der Waals surface area (Å²) in [5.41, 5.74) is 0.524. The normalized spacial score (nSPS) is 9.85. The lowest BCUT2D eigenvalue weighted by molar-refractivity contribution is -0.149. The first-order valence-corrected chi connectivity index (χ1v) is 8.50. The predicted octanol–water partition coefficient (Wildman–Crippen LogP) is 3.00. The SMILES string of the molecule is N#CCSc1ccccc1NC(=O)COC(=O)COc1ccccc1F. The standard InChI is InChI=1S/C18H15FN2O4S/c19-13-5-1-3-7-15(13)24-12-18(23)25-11-17(22)21-14-6-2-4-8-16(14)26-10-9-20/h1-8H,10-12H2,(H,21,22). The molecule has 0 aliphatic rings. The second kappa shape index (κ2) is 10.1. The summed E-state index contributed by atoms with van der Waals surface area (Å²) >= 11 is 1.28. The van der Waals surface area contributed by atoms with E-state index in [4.69, 9.17) is 14.7 Å². The molecule has 26 heavy (non-hydrogen) atoms. The van der Waals surface area contributed by atoms with Crippen LogP contribution in [0.3, 0.4) is 0 Å². The van der Waals surface area contributed by atoms with Crippen LogP contribution in [-0.2, 0) is 14.3 Å². The van der Waals surface area contributed by atoms with Crippen molar-refractivity contribution in [1.29, 1.82) is 5.26 Å². The van der Waals surface area contributed by atoms with Crippen LogP contribution in [-0.4, -0.2) is 30.8 Å². The molecule has 0 heterocycles. The van der Waals surface area contributed by atoms with Crippen molar-refractivity contribution in [3.8, 4) is 11.8 Å². The van der Waals surface area contributed by atoms with Crippen molar-refractivity contribution in [2.75, 3.05) is 24.3 Å². The van der Waals surface area contributed by atoms with E-state index in [-0.39, 0.29) is 11.5 Å². The van der Waals surface area contributed by atoms with Gasteiger partial charge < -0.3 is 14.8 Å². The number of rotatable bonds is 8. The molecule has 134 valence electrons. The summed E-state index contributed by atoms with van der Waals surface area (Å²) in [5, 5.41) is 11.3. The zero-order valence-corrected chi connectivity index (χ0v) is 14.4. The molecular formula is C18H15FN2O4S. The topological polar surface area (TPSA) is 88.4 Å². The van der Waals surface area contributed by atoms with Gasteiger partial charge in [-0.05, 0) is 24.3 Å². The van der Waals surface area contributed by atoms with E-state index in [9.17, 15) is 14.0 Å². The summed E-state index contributed by atoms with van der Waals surface area (Å²) in [6.45, 7) is -1.01. The number of thioether (sulfide) groups is 1. The molecule has 0 spiro atoms. The maximum absolute atomic E-state index is 13.4. The van der Waals surface area contributed by atoms with E-state index in [1.165, 1.54) is 30.0 Å². The molecule has 0 saturated heterocycles. The number of amides is 1. The largest absolute Gasteiger partial charge is 0.479 e. The lowest BCUT2D eigenvalue weighted by atomic mass is 10.3. The van der Waals surface area contributed by atoms with Crippen LogP contribution >= 0.6 is 11.8 Å². The number of nitrogens with zero attached hydrogens (tertiary/aromatic N) is 1. The number of hydrogen-bond donors (Lipinski definition) is 1. The molecule has 1 N–H and O–H groups in total. The van der Waals surface area contributed by atoms with E-state index < -0.39 is 30.9 Å². The molecule has 0 aliphatic heterocycles. The second-order valence-electron chi connectivity index (χ2n) is 4.87. The highest BCUT2D eigenvalue weighted by molar-refractivity contribution is 7.99. The monoisotopic (exact) mass is 374 g/mol. The van der Waals surface area contributed by atoms with Crippen LogP contribution in [0.25, 0.3) is 0 Å². The van der Waals surface area contributed by atoms with Crippen molar-refractivity contribution in [3.63, 3.8) is 0 Å². The number of benzene rings is 2. The van der Waals surface area contributed by atoms with E-state index in [2.05, 4.69) is 5.32 Å². The average molecular weight is 374 g/mol. The van der Waals surface area contributed by atoms with Gasteiger partial charge in [0.15, 0.2) is 24.8 Å². The van der Waals surface area contributed by atoms with Crippen LogP contribution in [0.1, 0.15) is 0 Å². The van der Waals surface area contributed by atoms with Gasteiger partial charge in [0, 0.05) is 4.90 Å². The molecule has 0 saturated carbocycles. The van der Waals surface area contributed by atoms with Gasteiger partial charge in [-0.2, -0.15) is 5.26 Å². The van der Waals surface area contributed by atoms with Gasteiger partial charge in [0.1, 0.15) is 0 Å². The average Bonchev–Trinajstić information content (AvgIpc) is 2.65. The van der Waals surface area contributed by atoms with Gasteiger partial charge in [-0.1, -0.05) is 24.3 Å². The number of nitrogens with one attached hydrogen (secondary N) is 1. The van der Waals surface area contributed by atoms with E-state index in [1.807, 2.05) is 6.07 Å². The highest BCUT2D eigenvalue weighted by Crippen LogP contribution is 2.26. The molecule has 0 bridgehead atoms. The number of halogens is 1. The van der Waals surface area contributed by atoms with E-state index in [0.29, 0.717) is 5.69 Å². The highest BCUT2D eigenvalue weighted by atomic mass is 32.2. The third-order valence-corrected chi connectivity index (χ3v) is 3.94. The molecule has 2 aromatic rings. The van der Waals surface area contributed by atoms with Crippen LogP contribution in [0, 0.1) is 17.1 Å². The summed E-state index contributed by atoms with van der Waals surface area (Å²) < 4.78 is 23.2. The minimum absolute atomic E-state index is 0.0719. The molecule has 0 fully saturated rings. The van der Waals surface area contributed by atoms with Crippen LogP contribution in [0.4, 0.5) is 10.1 Å². The van der Waals surface area contributed by atoms with Crippen LogP contribution in [0.2, 0.25) is 0 Å². The molecule has 0 aromatic heterocycles. The van der Waals surface area contributed by atoms with Gasteiger partial charge in [-0.25, -0.2) is 9.18 Å². The minimum atomic E-state index is -0.796. The molecular weight excluding hydrogens is 359 g/mol. The van der Waals surface area contributed by atoms with Crippen molar-refractivity contribution >= 4 is 29.3 Å². The number of anilines is 1. The predicted molar refractivity (Wildman–Crippen MR) is 94.3 cm³/mol. The van der Waals surface area contributed by atoms with Gasteiger partial charge in [-0.15, -0.1) is 11.8 Å². The number of ether oxygens (including phenoxy) is 2. The Balaban J connectivity index is 1.79. The Labute approximate surface area is 153 Å². The summed E-state index contributed by atoms with van der Waals surface area (Å²) in [4.78, 5) is 24.2. The maximum atomic E-state index is 13.4. The number of nitriles is 1. The van der Waals surface area contributed by atoms with Gasteiger partial charge in [0.05, 0.1) is 17.5 Å². The summed E-state index contributed by atoms with van der Waals surface area (Å²) in [6, 6.07) is 14.6. The Bertz CT molecular complexity index is 823. The fourth-order valence-electron chi connectivity index (χ4n) is 1.88. The van der Waals surface area contributed by atoms with Gasteiger partial charge in [-0.3, -0.25) is 4.79 Å². The third-order valence-electron chi connectivity index (χ3n) is 3.00. The van der Waals surface area contributed by atoms with Gasteiger partial charge >= 0.3 is 5.97 Å². The third kappa shape index (κ3) is 6.11. The number of carbonyl (C=O) groups is 2. The van der Waals surface area contributed by atoms with Crippen molar-refractivity contribution in [3.05, 3.63) is 54.3 Å². The molecule has 0 radical (unpaired) electrons. The number of carbonyl (C=O) groups excluding carboxylic acids is 2. The Morgan fingerprint density at radius 3 is 2.62 bits per heavy atom. The van der Waals surface area contributed by atoms with Crippen LogP contribution in [0.5, 0.6) is 5.75 Å². The Morgan fingerprint density at radius 2 is 1.85 bits per heavy atom. The Morgan fingerprint density at radius 1 is 1.12 bits per heavy atom. The molecule has 8 heteroatoms. The molecule has 6 nitrogen and oxygen atoms in total. The smallest absolute Gasteiger partial charge is 0.344 e. The summed E-state index contributed by atoms with van der Waals surface area (Å²) in [7, 11) is 0. The Hall–Kier alpha value is -3.05. The fraction of sp³-hybridized carbons (Fsp3) is 0.167. The van der Waals surface area contributed by atoms with Crippen molar-refractivity contribution in [2.45, 2.75) is 4.90 Å². The van der Waals surface area contributed by atoms with Crippen molar-refractivity contribution in [1.82, 2.24) is 0 Å². The molecule has 0 unspecified atom stereocenters. The number of hydrogen-bond acceptors (Lipinski definition) is 6. The molecule has 1 amide bonds. The molecule has 0 atom stereocenters. The van der Waals surface area contributed by atoms with Crippen LogP contribution in [0.15, 0.2) is 53.4 Å². The molecule has 2 aromatic carbocycles.